The minimum atomic E-state index is 0.303. The summed E-state index contributed by atoms with van der Waals surface area (Å²) in [7, 11) is 0. The van der Waals surface area contributed by atoms with Crippen LogP contribution < -0.4 is 5.73 Å². The summed E-state index contributed by atoms with van der Waals surface area (Å²) in [5, 5.41) is 0. The SMILES string of the molecule is CCSCCN1CCN(C(CC)C(N)=S)CC1. The number of nitrogens with two attached hydrogens (primary N) is 1. The first-order valence-corrected chi connectivity index (χ1v) is 8.08. The van der Waals surface area contributed by atoms with E-state index in [4.69, 9.17) is 18.0 Å². The Morgan fingerprint density at radius 2 is 1.94 bits per heavy atom. The summed E-state index contributed by atoms with van der Waals surface area (Å²) in [4.78, 5) is 5.64. The predicted octanol–water partition coefficient (Wildman–Crippen LogP) is 1.42. The Balaban J connectivity index is 2.27. The molecule has 1 atom stereocenters. The minimum absolute atomic E-state index is 0.303. The van der Waals surface area contributed by atoms with Crippen molar-refractivity contribution in [2.45, 2.75) is 26.3 Å². The fourth-order valence-electron chi connectivity index (χ4n) is 2.28. The van der Waals surface area contributed by atoms with E-state index < -0.39 is 0 Å². The van der Waals surface area contributed by atoms with Gasteiger partial charge in [-0.1, -0.05) is 26.1 Å². The van der Waals surface area contributed by atoms with E-state index in [1.807, 2.05) is 11.8 Å². The third-order valence-electron chi connectivity index (χ3n) is 3.32. The summed E-state index contributed by atoms with van der Waals surface area (Å²) >= 11 is 7.15. The standard InChI is InChI=1S/C12H25N3S2/c1-3-11(12(13)16)15-7-5-14(6-8-15)9-10-17-4-2/h11H,3-10H2,1-2H3,(H2,13,16). The molecule has 100 valence electrons. The number of hydrogen-bond acceptors (Lipinski definition) is 4. The van der Waals surface area contributed by atoms with Crippen molar-refractivity contribution in [3.63, 3.8) is 0 Å². The molecule has 1 aliphatic heterocycles. The Morgan fingerprint density at radius 3 is 2.41 bits per heavy atom. The molecule has 0 spiro atoms. The number of rotatable bonds is 7. The lowest BCUT2D eigenvalue weighted by atomic mass is 10.1. The predicted molar refractivity (Wildman–Crippen MR) is 81.9 cm³/mol. The van der Waals surface area contributed by atoms with Crippen molar-refractivity contribution in [1.82, 2.24) is 9.80 Å². The summed E-state index contributed by atoms with van der Waals surface area (Å²) in [6, 6.07) is 0.303. The topological polar surface area (TPSA) is 32.5 Å². The maximum absolute atomic E-state index is 5.78. The maximum Gasteiger partial charge on any atom is 0.0901 e. The molecule has 0 radical (unpaired) electrons. The van der Waals surface area contributed by atoms with E-state index in [1.54, 1.807) is 0 Å². The molecular formula is C12H25N3S2. The molecule has 1 aliphatic rings. The van der Waals surface area contributed by atoms with Crippen LogP contribution in [-0.2, 0) is 0 Å². The summed E-state index contributed by atoms with van der Waals surface area (Å²) in [6.07, 6.45) is 1.03. The molecule has 0 aromatic carbocycles. The quantitative estimate of drug-likeness (QED) is 0.561. The Hall–Kier alpha value is 0.160. The van der Waals surface area contributed by atoms with Crippen molar-refractivity contribution in [3.8, 4) is 0 Å². The van der Waals surface area contributed by atoms with Gasteiger partial charge in [0.15, 0.2) is 0 Å². The lowest BCUT2D eigenvalue weighted by Gasteiger charge is -2.38. The number of hydrogen-bond donors (Lipinski definition) is 1. The second-order valence-electron chi connectivity index (χ2n) is 4.40. The summed E-state index contributed by atoms with van der Waals surface area (Å²) in [6.45, 7) is 10.1. The Morgan fingerprint density at radius 1 is 1.29 bits per heavy atom. The molecule has 1 saturated heterocycles. The first kappa shape index (κ1) is 15.2. The number of thioether (sulfide) groups is 1. The van der Waals surface area contributed by atoms with Gasteiger partial charge in [-0.25, -0.2) is 0 Å². The van der Waals surface area contributed by atoms with Crippen LogP contribution in [0.15, 0.2) is 0 Å². The van der Waals surface area contributed by atoms with E-state index in [-0.39, 0.29) is 0 Å². The third-order valence-corrected chi connectivity index (χ3v) is 4.47. The molecule has 0 aromatic heterocycles. The molecule has 0 saturated carbocycles. The Labute approximate surface area is 115 Å². The van der Waals surface area contributed by atoms with Gasteiger partial charge in [0.2, 0.25) is 0 Å². The Kier molecular flexibility index (Phi) is 7.43. The van der Waals surface area contributed by atoms with E-state index in [0.29, 0.717) is 11.0 Å². The number of nitrogens with zero attached hydrogens (tertiary/aromatic N) is 2. The van der Waals surface area contributed by atoms with E-state index in [9.17, 15) is 0 Å². The van der Waals surface area contributed by atoms with Crippen molar-refractivity contribution in [3.05, 3.63) is 0 Å². The lowest BCUT2D eigenvalue weighted by molar-refractivity contribution is 0.121. The molecule has 2 N–H and O–H groups in total. The first-order valence-electron chi connectivity index (χ1n) is 6.52. The summed E-state index contributed by atoms with van der Waals surface area (Å²) in [5.41, 5.74) is 5.78. The lowest BCUT2D eigenvalue weighted by Crippen LogP contribution is -2.53. The van der Waals surface area contributed by atoms with Gasteiger partial charge in [0.05, 0.1) is 11.0 Å². The molecule has 1 unspecified atom stereocenters. The van der Waals surface area contributed by atoms with Crippen LogP contribution in [-0.4, -0.2) is 65.1 Å². The smallest absolute Gasteiger partial charge is 0.0901 e. The van der Waals surface area contributed by atoms with Crippen LogP contribution >= 0.6 is 24.0 Å². The van der Waals surface area contributed by atoms with Gasteiger partial charge in [-0.05, 0) is 12.2 Å². The van der Waals surface area contributed by atoms with Gasteiger partial charge in [-0.15, -0.1) is 0 Å². The van der Waals surface area contributed by atoms with E-state index >= 15 is 0 Å². The van der Waals surface area contributed by atoms with Crippen LogP contribution in [0.5, 0.6) is 0 Å². The summed E-state index contributed by atoms with van der Waals surface area (Å²) in [5.74, 6) is 2.47. The minimum Gasteiger partial charge on any atom is -0.392 e. The fourth-order valence-corrected chi connectivity index (χ4v) is 3.27. The zero-order chi connectivity index (χ0) is 12.7. The van der Waals surface area contributed by atoms with E-state index in [2.05, 4.69) is 23.6 Å². The molecule has 0 amide bonds. The highest BCUT2D eigenvalue weighted by Crippen LogP contribution is 2.10. The highest BCUT2D eigenvalue weighted by molar-refractivity contribution is 7.99. The third kappa shape index (κ3) is 5.12. The van der Waals surface area contributed by atoms with Crippen molar-refractivity contribution in [2.24, 2.45) is 5.73 Å². The first-order chi connectivity index (χ1) is 8.19. The van der Waals surface area contributed by atoms with Crippen molar-refractivity contribution in [1.29, 1.82) is 0 Å². The van der Waals surface area contributed by atoms with Gasteiger partial charge < -0.3 is 5.73 Å². The largest absolute Gasteiger partial charge is 0.392 e. The molecule has 0 aromatic rings. The fraction of sp³-hybridized carbons (Fsp3) is 0.917. The average molecular weight is 275 g/mol. The molecule has 5 heteroatoms. The van der Waals surface area contributed by atoms with Crippen LogP contribution in [0.1, 0.15) is 20.3 Å². The molecule has 1 rings (SSSR count). The zero-order valence-corrected chi connectivity index (χ0v) is 12.7. The highest BCUT2D eigenvalue weighted by Gasteiger charge is 2.23. The number of piperazine rings is 1. The van der Waals surface area contributed by atoms with Crippen LogP contribution in [0, 0.1) is 0 Å². The highest BCUT2D eigenvalue weighted by atomic mass is 32.2. The molecule has 17 heavy (non-hydrogen) atoms. The molecule has 3 nitrogen and oxygen atoms in total. The van der Waals surface area contributed by atoms with Crippen molar-refractivity contribution >= 4 is 29.0 Å². The van der Waals surface area contributed by atoms with Gasteiger partial charge in [0.25, 0.3) is 0 Å². The van der Waals surface area contributed by atoms with E-state index in [0.717, 1.165) is 32.6 Å². The molecule has 0 aliphatic carbocycles. The van der Waals surface area contributed by atoms with Gasteiger partial charge in [-0.2, -0.15) is 11.8 Å². The van der Waals surface area contributed by atoms with Gasteiger partial charge in [0, 0.05) is 38.5 Å². The van der Waals surface area contributed by atoms with Crippen LogP contribution in [0.3, 0.4) is 0 Å². The maximum atomic E-state index is 5.78. The second-order valence-corrected chi connectivity index (χ2v) is 6.27. The van der Waals surface area contributed by atoms with Crippen molar-refractivity contribution < 1.29 is 0 Å². The second kappa shape index (κ2) is 8.29. The van der Waals surface area contributed by atoms with E-state index in [1.165, 1.54) is 18.1 Å². The molecule has 1 heterocycles. The monoisotopic (exact) mass is 275 g/mol. The molecular weight excluding hydrogens is 250 g/mol. The average Bonchev–Trinajstić information content (AvgIpc) is 2.32. The number of thiocarbonyl (C=S) groups is 1. The van der Waals surface area contributed by atoms with Gasteiger partial charge in [-0.3, -0.25) is 9.80 Å². The van der Waals surface area contributed by atoms with Crippen LogP contribution in [0.2, 0.25) is 0 Å². The van der Waals surface area contributed by atoms with Crippen LogP contribution in [0.25, 0.3) is 0 Å². The van der Waals surface area contributed by atoms with Gasteiger partial charge in [0.1, 0.15) is 0 Å². The van der Waals surface area contributed by atoms with Crippen molar-refractivity contribution in [2.75, 3.05) is 44.2 Å². The molecule has 0 bridgehead atoms. The normalized spacial score (nSPS) is 20.4. The van der Waals surface area contributed by atoms with Crippen LogP contribution in [0.4, 0.5) is 0 Å². The summed E-state index contributed by atoms with van der Waals surface area (Å²) < 4.78 is 0. The molecule has 1 fully saturated rings. The zero-order valence-electron chi connectivity index (χ0n) is 11.0. The van der Waals surface area contributed by atoms with Gasteiger partial charge >= 0.3 is 0 Å². The Bertz CT molecular complexity index is 228.